The molecule has 10 heteroatoms. The fraction of sp³-hybridized carbons (Fsp3) is 0.581. The minimum absolute atomic E-state index is 0.0109. The van der Waals surface area contributed by atoms with Crippen molar-refractivity contribution in [2.24, 2.45) is 23.2 Å². The summed E-state index contributed by atoms with van der Waals surface area (Å²) >= 11 is 0. The second-order valence-corrected chi connectivity index (χ2v) is 11.4. The zero-order chi connectivity index (χ0) is 29.9. The van der Waals surface area contributed by atoms with Crippen molar-refractivity contribution >= 4 is 29.7 Å². The molecule has 4 bridgehead atoms. The van der Waals surface area contributed by atoms with Gasteiger partial charge in [0.05, 0.1) is 17.1 Å². The number of aliphatic carboxylic acids is 1. The Kier molecular flexibility index (Phi) is 9.13. The molecule has 6 atom stereocenters. The number of unbranched alkanes of at least 4 members (excludes halogenated alkanes) is 3. The lowest BCUT2D eigenvalue weighted by Gasteiger charge is -2.45. The summed E-state index contributed by atoms with van der Waals surface area (Å²) < 4.78 is 10.4. The van der Waals surface area contributed by atoms with Gasteiger partial charge in [0.1, 0.15) is 11.5 Å². The van der Waals surface area contributed by atoms with E-state index < -0.39 is 77.6 Å². The number of allylic oxidation sites excluding steroid dienone is 5. The van der Waals surface area contributed by atoms with Crippen molar-refractivity contribution in [3.05, 3.63) is 47.1 Å². The minimum Gasteiger partial charge on any atom is -0.550 e. The number of aliphatic hydroxyl groups is 2. The van der Waals surface area contributed by atoms with Crippen LogP contribution < -0.4 is 5.11 Å². The highest BCUT2D eigenvalue weighted by Gasteiger charge is 2.71. The third-order valence-electron chi connectivity index (χ3n) is 8.84. The van der Waals surface area contributed by atoms with E-state index in [-0.39, 0.29) is 29.6 Å². The van der Waals surface area contributed by atoms with Crippen LogP contribution in [-0.4, -0.2) is 51.8 Å². The highest BCUT2D eigenvalue weighted by molar-refractivity contribution is 6.14. The molecular formula is C31H37O10-. The predicted octanol–water partition coefficient (Wildman–Crippen LogP) is 2.13. The van der Waals surface area contributed by atoms with Gasteiger partial charge in [-0.05, 0) is 57.8 Å². The first-order chi connectivity index (χ1) is 19.5. The molecule has 2 aliphatic heterocycles. The van der Waals surface area contributed by atoms with Crippen LogP contribution in [0.25, 0.3) is 0 Å². The summed E-state index contributed by atoms with van der Waals surface area (Å²) in [6.07, 6.45) is 10.7. The first-order valence-electron chi connectivity index (χ1n) is 14.3. The van der Waals surface area contributed by atoms with Crippen LogP contribution in [0, 0.1) is 23.2 Å². The van der Waals surface area contributed by atoms with Crippen LogP contribution in [0.1, 0.15) is 78.1 Å². The summed E-state index contributed by atoms with van der Waals surface area (Å²) in [6, 6.07) is 0. The summed E-state index contributed by atoms with van der Waals surface area (Å²) in [6.45, 7) is 3.76. The predicted molar refractivity (Wildman–Crippen MR) is 142 cm³/mol. The maximum atomic E-state index is 13.4. The van der Waals surface area contributed by atoms with Crippen LogP contribution in [0.4, 0.5) is 0 Å². The number of carboxylic acid groups (broad SMARTS) is 1. The maximum absolute atomic E-state index is 13.4. The number of hydrogen-bond acceptors (Lipinski definition) is 10. The molecule has 2 aliphatic carbocycles. The molecule has 4 rings (SSSR count). The number of Topliss-reactive ketones (excluding diaryl/α,β-unsaturated/α-hetero) is 1. The number of ether oxygens (including phenoxy) is 2. The van der Waals surface area contributed by atoms with E-state index in [9.17, 15) is 39.3 Å². The standard InChI is InChI=1S/C31H38O10/c1-3-5-7-8-9-11-12-18-14-23-30(17-24(34)35)16-20-25(28(37)40-27(20)36)26(31(23,39)41-29(30)38)19(18)15-22(33)21(32)13-10-6-4-2/h3-6,14,18-19,22,26,33,39H,7-13,15-17H2,1-2H3,(H,34,35)/p-1/b5-3+,6-4+/t18-,19+,22-,26+,30-,31?/m0/s1. The molecule has 10 nitrogen and oxygen atoms in total. The van der Waals surface area contributed by atoms with Crippen molar-refractivity contribution in [3.8, 4) is 0 Å². The summed E-state index contributed by atoms with van der Waals surface area (Å²) in [4.78, 5) is 63.9. The molecule has 0 aromatic rings. The van der Waals surface area contributed by atoms with Gasteiger partial charge in [0.2, 0.25) is 5.79 Å². The van der Waals surface area contributed by atoms with Gasteiger partial charge in [0.15, 0.2) is 5.78 Å². The number of carbonyl (C=O) groups excluding carboxylic acids is 5. The van der Waals surface area contributed by atoms with Gasteiger partial charge >= 0.3 is 17.9 Å². The summed E-state index contributed by atoms with van der Waals surface area (Å²) in [5.74, 6) is -10.1. The van der Waals surface area contributed by atoms with Crippen LogP contribution in [0.2, 0.25) is 0 Å². The first-order valence-corrected chi connectivity index (χ1v) is 14.3. The third kappa shape index (κ3) is 5.59. The third-order valence-corrected chi connectivity index (χ3v) is 8.84. The Bertz CT molecular complexity index is 1240. The zero-order valence-electron chi connectivity index (χ0n) is 23.4. The number of esters is 3. The van der Waals surface area contributed by atoms with E-state index in [4.69, 9.17) is 9.47 Å². The number of aliphatic hydroxyl groups excluding tert-OH is 1. The lowest BCUT2D eigenvalue weighted by atomic mass is 9.61. The quantitative estimate of drug-likeness (QED) is 0.137. The number of carbonyl (C=O) groups is 5. The average molecular weight is 570 g/mol. The van der Waals surface area contributed by atoms with Gasteiger partial charge in [0.25, 0.3) is 0 Å². The van der Waals surface area contributed by atoms with Gasteiger partial charge in [-0.3, -0.25) is 9.59 Å². The zero-order valence-corrected chi connectivity index (χ0v) is 23.4. The summed E-state index contributed by atoms with van der Waals surface area (Å²) in [5, 5.41) is 34.9. The number of hydrogen-bond donors (Lipinski definition) is 2. The van der Waals surface area contributed by atoms with Crippen molar-refractivity contribution in [2.75, 3.05) is 0 Å². The van der Waals surface area contributed by atoms with E-state index in [0.717, 1.165) is 25.7 Å². The highest BCUT2D eigenvalue weighted by atomic mass is 16.7. The minimum atomic E-state index is -2.45. The van der Waals surface area contributed by atoms with Gasteiger partial charge in [-0.15, -0.1) is 0 Å². The van der Waals surface area contributed by atoms with Gasteiger partial charge in [0, 0.05) is 30.8 Å². The van der Waals surface area contributed by atoms with E-state index in [1.54, 1.807) is 18.2 Å². The molecule has 0 aromatic carbocycles. The average Bonchev–Trinajstić information content (AvgIpc) is 3.26. The van der Waals surface area contributed by atoms with Crippen LogP contribution in [0.15, 0.2) is 47.1 Å². The second kappa shape index (κ2) is 12.2. The lowest BCUT2D eigenvalue weighted by molar-refractivity contribution is -0.307. The summed E-state index contributed by atoms with van der Waals surface area (Å²) in [5.41, 5.74) is -2.34. The van der Waals surface area contributed by atoms with Crippen LogP contribution in [0.5, 0.6) is 0 Å². The molecule has 1 saturated heterocycles. The molecule has 1 fully saturated rings. The number of fused-ring (bicyclic) bond motifs is 1. The normalized spacial score (nSPS) is 31.3. The van der Waals surface area contributed by atoms with E-state index >= 15 is 0 Å². The Morgan fingerprint density at radius 1 is 1.10 bits per heavy atom. The Morgan fingerprint density at radius 3 is 2.49 bits per heavy atom. The van der Waals surface area contributed by atoms with E-state index in [1.165, 1.54) is 0 Å². The van der Waals surface area contributed by atoms with E-state index in [1.807, 2.05) is 19.9 Å². The van der Waals surface area contributed by atoms with Gasteiger partial charge < -0.3 is 29.6 Å². The Balaban J connectivity index is 1.80. The topological polar surface area (TPSA) is 167 Å². The van der Waals surface area contributed by atoms with Gasteiger partial charge in [-0.2, -0.15) is 0 Å². The van der Waals surface area contributed by atoms with Crippen LogP contribution >= 0.6 is 0 Å². The first kappa shape index (κ1) is 30.6. The molecular weight excluding hydrogens is 532 g/mol. The van der Waals surface area contributed by atoms with Crippen LogP contribution in [-0.2, 0) is 33.4 Å². The van der Waals surface area contributed by atoms with Crippen molar-refractivity contribution in [2.45, 2.75) is 89.9 Å². The maximum Gasteiger partial charge on any atom is 0.343 e. The number of ketones is 1. The Labute approximate surface area is 238 Å². The number of cyclic esters (lactones) is 2. The molecule has 0 radical (unpaired) electrons. The van der Waals surface area contributed by atoms with Gasteiger partial charge in [-0.25, -0.2) is 9.59 Å². The molecule has 1 unspecified atom stereocenters. The second-order valence-electron chi connectivity index (χ2n) is 11.4. The van der Waals surface area contributed by atoms with Crippen molar-refractivity contribution in [3.63, 3.8) is 0 Å². The SMILES string of the molecule is C/C=C/CCCCC[C@H]1C=C2C3(O)OC(=O)[C@]2(CC(=O)[O-])CC2=C(C(=O)OC2=O)[C@H]3[C@@H]1C[C@H](O)C(=O)CC/C=C/C. The molecule has 41 heavy (non-hydrogen) atoms. The lowest BCUT2D eigenvalue weighted by Crippen LogP contribution is -2.51. The fourth-order valence-electron chi connectivity index (χ4n) is 6.95. The van der Waals surface area contributed by atoms with Crippen molar-refractivity contribution in [1.29, 1.82) is 0 Å². The monoisotopic (exact) mass is 569 g/mol. The molecule has 0 amide bonds. The number of carboxylic acids is 1. The Hall–Kier alpha value is -3.37. The summed E-state index contributed by atoms with van der Waals surface area (Å²) in [7, 11) is 0. The van der Waals surface area contributed by atoms with E-state index in [0.29, 0.717) is 12.8 Å². The Morgan fingerprint density at radius 2 is 1.80 bits per heavy atom. The number of rotatable bonds is 14. The van der Waals surface area contributed by atoms with Crippen molar-refractivity contribution < 1.29 is 48.8 Å². The smallest absolute Gasteiger partial charge is 0.343 e. The van der Waals surface area contributed by atoms with Gasteiger partial charge in [-0.1, -0.05) is 43.2 Å². The molecule has 222 valence electrons. The molecule has 4 aliphatic rings. The van der Waals surface area contributed by atoms with E-state index in [2.05, 4.69) is 6.08 Å². The molecule has 0 spiro atoms. The molecule has 0 saturated carbocycles. The molecule has 2 heterocycles. The fourth-order valence-corrected chi connectivity index (χ4v) is 6.95. The largest absolute Gasteiger partial charge is 0.550 e. The molecule has 0 aromatic heterocycles. The van der Waals surface area contributed by atoms with Crippen molar-refractivity contribution in [1.82, 2.24) is 0 Å². The van der Waals surface area contributed by atoms with Crippen LogP contribution in [0.3, 0.4) is 0 Å². The highest BCUT2D eigenvalue weighted by Crippen LogP contribution is 2.64. The molecule has 2 N–H and O–H groups in total.